The first kappa shape index (κ1) is 20.1. The fourth-order valence-electron chi connectivity index (χ4n) is 5.80. The van der Waals surface area contributed by atoms with Crippen molar-refractivity contribution >= 4 is 27.9 Å². The van der Waals surface area contributed by atoms with E-state index in [0.29, 0.717) is 11.8 Å². The van der Waals surface area contributed by atoms with Crippen LogP contribution in [-0.2, 0) is 0 Å². The minimum absolute atomic E-state index is 0.663. The summed E-state index contributed by atoms with van der Waals surface area (Å²) in [6.45, 7) is 3.93. The maximum absolute atomic E-state index is 3.93. The molecule has 0 aliphatic heterocycles. The zero-order chi connectivity index (χ0) is 22.2. The molecule has 1 heterocycles. The van der Waals surface area contributed by atoms with Gasteiger partial charge in [0.25, 0.3) is 0 Å². The average Bonchev–Trinajstić information content (AvgIpc) is 3.23. The van der Waals surface area contributed by atoms with Gasteiger partial charge in [0.2, 0.25) is 0 Å². The lowest BCUT2D eigenvalue weighted by Crippen LogP contribution is -2.12. The highest BCUT2D eigenvalue weighted by molar-refractivity contribution is 6.09. The van der Waals surface area contributed by atoms with Gasteiger partial charge < -0.3 is 4.57 Å². The Hall–Kier alpha value is -3.58. The van der Waals surface area contributed by atoms with Crippen molar-refractivity contribution < 1.29 is 0 Å². The molecule has 1 heteroatoms. The third kappa shape index (κ3) is 3.58. The Morgan fingerprint density at radius 1 is 0.606 bits per heavy atom. The Morgan fingerprint density at radius 2 is 1.18 bits per heavy atom. The van der Waals surface area contributed by atoms with Gasteiger partial charge in [0.15, 0.2) is 0 Å². The Labute approximate surface area is 196 Å². The zero-order valence-electron chi connectivity index (χ0n) is 19.0. The van der Waals surface area contributed by atoms with E-state index in [1.165, 1.54) is 69.9 Å². The summed E-state index contributed by atoms with van der Waals surface area (Å²) < 4.78 is 2.40. The first-order valence-corrected chi connectivity index (χ1v) is 12.1. The molecule has 162 valence electrons. The molecule has 0 saturated heterocycles. The lowest BCUT2D eigenvalue weighted by atomic mass is 9.76. The molecule has 1 aromatic heterocycles. The molecule has 1 nitrogen and oxygen atoms in total. The van der Waals surface area contributed by atoms with E-state index in [4.69, 9.17) is 0 Å². The maximum Gasteiger partial charge on any atom is 0.0541 e. The van der Waals surface area contributed by atoms with E-state index < -0.39 is 0 Å². The monoisotopic (exact) mass is 427 g/mol. The number of hydrogen-bond acceptors (Lipinski definition) is 0. The minimum atomic E-state index is 0.663. The first-order chi connectivity index (χ1) is 16.3. The largest absolute Gasteiger partial charge is 0.309 e. The van der Waals surface area contributed by atoms with Crippen LogP contribution in [0.25, 0.3) is 33.6 Å². The number of para-hydroxylation sites is 2. The van der Waals surface area contributed by atoms with E-state index in [1.807, 2.05) is 6.08 Å². The topological polar surface area (TPSA) is 4.93 Å². The Morgan fingerprint density at radius 3 is 1.79 bits per heavy atom. The van der Waals surface area contributed by atoms with Crippen LogP contribution in [0.5, 0.6) is 0 Å². The van der Waals surface area contributed by atoms with Crippen molar-refractivity contribution in [3.63, 3.8) is 0 Å². The maximum atomic E-state index is 3.93. The Bertz CT molecular complexity index is 1380. The Kier molecular flexibility index (Phi) is 5.11. The molecule has 0 radical (unpaired) electrons. The molecule has 6 rings (SSSR count). The van der Waals surface area contributed by atoms with Gasteiger partial charge >= 0.3 is 0 Å². The summed E-state index contributed by atoms with van der Waals surface area (Å²) in [4.78, 5) is 0. The van der Waals surface area contributed by atoms with Crippen molar-refractivity contribution in [1.82, 2.24) is 4.57 Å². The number of fused-ring (bicyclic) bond motifs is 3. The summed E-state index contributed by atoms with van der Waals surface area (Å²) in [5.41, 5.74) is 7.98. The number of rotatable bonds is 4. The van der Waals surface area contributed by atoms with E-state index in [9.17, 15) is 0 Å². The van der Waals surface area contributed by atoms with Crippen molar-refractivity contribution in [2.75, 3.05) is 0 Å². The molecule has 5 aromatic rings. The molecule has 1 saturated carbocycles. The molecule has 33 heavy (non-hydrogen) atoms. The summed E-state index contributed by atoms with van der Waals surface area (Å²) >= 11 is 0. The van der Waals surface area contributed by atoms with Gasteiger partial charge in [0, 0.05) is 16.5 Å². The molecule has 0 spiro atoms. The molecule has 0 amide bonds. The van der Waals surface area contributed by atoms with Crippen LogP contribution in [0, 0.1) is 0 Å². The van der Waals surface area contributed by atoms with Crippen LogP contribution in [0.1, 0.15) is 54.2 Å². The van der Waals surface area contributed by atoms with Crippen LogP contribution >= 0.6 is 0 Å². The van der Waals surface area contributed by atoms with Gasteiger partial charge in [-0.25, -0.2) is 0 Å². The molecule has 0 atom stereocenters. The Balaban J connectivity index is 1.25. The summed E-state index contributed by atoms with van der Waals surface area (Å²) in [6, 6.07) is 35.7. The highest BCUT2D eigenvalue weighted by Gasteiger charge is 2.23. The van der Waals surface area contributed by atoms with Crippen molar-refractivity contribution in [3.8, 4) is 5.69 Å². The molecule has 0 unspecified atom stereocenters. The van der Waals surface area contributed by atoms with Gasteiger partial charge in [-0.05, 0) is 78.5 Å². The second-order valence-corrected chi connectivity index (χ2v) is 9.38. The molecule has 4 aromatic carbocycles. The number of benzene rings is 4. The standard InChI is InChI=1S/C32H29N/c1-2-23-8-7-9-27(22-23)26-16-14-24(15-17-26)25-18-20-28(21-19-25)33-31-12-5-3-10-29(31)30-11-4-6-13-32(30)33/h2-13,18-22,24,26H,1,14-17H2. The van der Waals surface area contributed by atoms with E-state index in [0.717, 1.165) is 0 Å². The predicted molar refractivity (Wildman–Crippen MR) is 141 cm³/mol. The third-order valence-corrected chi connectivity index (χ3v) is 7.55. The predicted octanol–water partition coefficient (Wildman–Crippen LogP) is 8.87. The van der Waals surface area contributed by atoms with Crippen LogP contribution in [0.4, 0.5) is 0 Å². The summed E-state index contributed by atoms with van der Waals surface area (Å²) in [6.07, 6.45) is 7.00. The molecule has 1 aliphatic rings. The molecule has 1 aliphatic carbocycles. The highest BCUT2D eigenvalue weighted by atomic mass is 15.0. The summed E-state index contributed by atoms with van der Waals surface area (Å²) in [7, 11) is 0. The highest BCUT2D eigenvalue weighted by Crippen LogP contribution is 2.41. The van der Waals surface area contributed by atoms with Gasteiger partial charge in [0.1, 0.15) is 0 Å². The van der Waals surface area contributed by atoms with Crippen molar-refractivity contribution in [2.45, 2.75) is 37.5 Å². The number of aromatic nitrogens is 1. The zero-order valence-corrected chi connectivity index (χ0v) is 19.0. The summed E-state index contributed by atoms with van der Waals surface area (Å²) in [5, 5.41) is 2.63. The molecular weight excluding hydrogens is 398 g/mol. The normalized spacial score (nSPS) is 18.5. The van der Waals surface area contributed by atoms with Crippen LogP contribution in [0.15, 0.2) is 104 Å². The molecule has 0 N–H and O–H groups in total. The van der Waals surface area contributed by atoms with Crippen molar-refractivity contribution in [1.29, 1.82) is 0 Å². The van der Waals surface area contributed by atoms with Gasteiger partial charge in [-0.1, -0.05) is 85.5 Å². The fraction of sp³-hybridized carbons (Fsp3) is 0.188. The fourth-order valence-corrected chi connectivity index (χ4v) is 5.80. The van der Waals surface area contributed by atoms with E-state index in [-0.39, 0.29) is 0 Å². The summed E-state index contributed by atoms with van der Waals surface area (Å²) in [5.74, 6) is 1.34. The lowest BCUT2D eigenvalue weighted by Gasteiger charge is -2.29. The van der Waals surface area contributed by atoms with Crippen LogP contribution in [0.2, 0.25) is 0 Å². The average molecular weight is 428 g/mol. The van der Waals surface area contributed by atoms with E-state index in [2.05, 4.69) is 108 Å². The second-order valence-electron chi connectivity index (χ2n) is 9.38. The number of nitrogens with zero attached hydrogens (tertiary/aromatic N) is 1. The number of hydrogen-bond donors (Lipinski definition) is 0. The van der Waals surface area contributed by atoms with Crippen LogP contribution in [0.3, 0.4) is 0 Å². The molecule has 0 bridgehead atoms. The van der Waals surface area contributed by atoms with Gasteiger partial charge in [-0.3, -0.25) is 0 Å². The third-order valence-electron chi connectivity index (χ3n) is 7.55. The molecular formula is C32H29N. The van der Waals surface area contributed by atoms with Gasteiger partial charge in [-0.15, -0.1) is 0 Å². The van der Waals surface area contributed by atoms with E-state index in [1.54, 1.807) is 0 Å². The lowest BCUT2D eigenvalue weighted by molar-refractivity contribution is 0.396. The first-order valence-electron chi connectivity index (χ1n) is 12.1. The van der Waals surface area contributed by atoms with Gasteiger partial charge in [0.05, 0.1) is 11.0 Å². The quantitative estimate of drug-likeness (QED) is 0.270. The van der Waals surface area contributed by atoms with Crippen molar-refractivity contribution in [3.05, 3.63) is 120 Å². The SMILES string of the molecule is C=Cc1cccc(C2CCC(c3ccc(-n4c5ccccc5c5ccccc54)cc3)CC2)c1. The van der Waals surface area contributed by atoms with Gasteiger partial charge in [-0.2, -0.15) is 0 Å². The second kappa shape index (κ2) is 8.41. The molecule has 1 fully saturated rings. The minimum Gasteiger partial charge on any atom is -0.309 e. The van der Waals surface area contributed by atoms with Crippen LogP contribution in [-0.4, -0.2) is 4.57 Å². The van der Waals surface area contributed by atoms with Crippen molar-refractivity contribution in [2.24, 2.45) is 0 Å². The van der Waals surface area contributed by atoms with Crippen LogP contribution < -0.4 is 0 Å². The smallest absolute Gasteiger partial charge is 0.0541 e. The van der Waals surface area contributed by atoms with E-state index >= 15 is 0 Å².